The number of aromatic nitrogens is 1. The first-order valence-corrected chi connectivity index (χ1v) is 7.56. The SMILES string of the molecule is O=C(O)/C=C/c1ccnc(NS(=O)(=O)N2CCCC2)c1. The summed E-state index contributed by atoms with van der Waals surface area (Å²) < 4.78 is 27.8. The Hall–Kier alpha value is -1.93. The number of nitrogens with zero attached hydrogens (tertiary/aromatic N) is 2. The van der Waals surface area contributed by atoms with Gasteiger partial charge in [0.05, 0.1) is 0 Å². The molecule has 1 aromatic heterocycles. The highest BCUT2D eigenvalue weighted by Gasteiger charge is 2.25. The Bertz CT molecular complexity index is 621. The van der Waals surface area contributed by atoms with E-state index in [4.69, 9.17) is 5.11 Å². The third kappa shape index (κ3) is 3.78. The van der Waals surface area contributed by atoms with Crippen molar-refractivity contribution >= 4 is 28.1 Å². The Morgan fingerprint density at radius 2 is 2.10 bits per heavy atom. The van der Waals surface area contributed by atoms with Gasteiger partial charge in [-0.3, -0.25) is 4.72 Å². The summed E-state index contributed by atoms with van der Waals surface area (Å²) in [5.74, 6) is -0.898. The van der Waals surface area contributed by atoms with E-state index in [2.05, 4.69) is 9.71 Å². The largest absolute Gasteiger partial charge is 0.478 e. The Balaban J connectivity index is 2.13. The van der Waals surface area contributed by atoms with Gasteiger partial charge in [-0.15, -0.1) is 0 Å². The zero-order valence-electron chi connectivity index (χ0n) is 10.7. The van der Waals surface area contributed by atoms with Crippen LogP contribution in [0.25, 0.3) is 6.08 Å². The van der Waals surface area contributed by atoms with Gasteiger partial charge in [-0.25, -0.2) is 9.78 Å². The molecule has 1 aliphatic heterocycles. The van der Waals surface area contributed by atoms with Crippen LogP contribution in [-0.2, 0) is 15.0 Å². The molecule has 108 valence electrons. The molecule has 0 unspecified atom stereocenters. The van der Waals surface area contributed by atoms with Crippen LogP contribution < -0.4 is 4.72 Å². The van der Waals surface area contributed by atoms with E-state index in [-0.39, 0.29) is 5.82 Å². The minimum Gasteiger partial charge on any atom is -0.478 e. The molecule has 1 saturated heterocycles. The maximum absolute atomic E-state index is 12.0. The summed E-state index contributed by atoms with van der Waals surface area (Å²) in [5.41, 5.74) is 0.557. The molecule has 0 bridgehead atoms. The Morgan fingerprint density at radius 3 is 2.75 bits per heavy atom. The van der Waals surface area contributed by atoms with Gasteiger partial charge >= 0.3 is 16.2 Å². The molecular weight excluding hydrogens is 282 g/mol. The summed E-state index contributed by atoms with van der Waals surface area (Å²) in [6.45, 7) is 1.02. The lowest BCUT2D eigenvalue weighted by Gasteiger charge is -2.16. The summed E-state index contributed by atoms with van der Waals surface area (Å²) in [6, 6.07) is 3.07. The van der Waals surface area contributed by atoms with Crippen molar-refractivity contribution in [3.05, 3.63) is 30.0 Å². The number of anilines is 1. The highest BCUT2D eigenvalue weighted by molar-refractivity contribution is 7.90. The first kappa shape index (κ1) is 14.5. The second kappa shape index (κ2) is 6.02. The quantitative estimate of drug-likeness (QED) is 0.788. The van der Waals surface area contributed by atoms with Gasteiger partial charge in [-0.2, -0.15) is 12.7 Å². The predicted molar refractivity (Wildman–Crippen MR) is 74.3 cm³/mol. The number of rotatable bonds is 5. The van der Waals surface area contributed by atoms with Crippen molar-refractivity contribution in [2.75, 3.05) is 17.8 Å². The molecule has 2 heterocycles. The normalized spacial score (nSPS) is 16.6. The fourth-order valence-electron chi connectivity index (χ4n) is 1.90. The molecule has 0 amide bonds. The van der Waals surface area contributed by atoms with Gasteiger partial charge < -0.3 is 5.11 Å². The first-order valence-electron chi connectivity index (χ1n) is 6.12. The smallest absolute Gasteiger partial charge is 0.328 e. The zero-order chi connectivity index (χ0) is 14.6. The van der Waals surface area contributed by atoms with Crippen LogP contribution in [0.2, 0.25) is 0 Å². The zero-order valence-corrected chi connectivity index (χ0v) is 11.5. The number of pyridine rings is 1. The maximum Gasteiger partial charge on any atom is 0.328 e. The molecule has 0 aliphatic carbocycles. The van der Waals surface area contributed by atoms with Crippen LogP contribution in [0.5, 0.6) is 0 Å². The topological polar surface area (TPSA) is 99.6 Å². The fraction of sp³-hybridized carbons (Fsp3) is 0.333. The van der Waals surface area contributed by atoms with E-state index in [9.17, 15) is 13.2 Å². The monoisotopic (exact) mass is 297 g/mol. The summed E-state index contributed by atoms with van der Waals surface area (Å²) in [4.78, 5) is 14.4. The Morgan fingerprint density at radius 1 is 1.40 bits per heavy atom. The van der Waals surface area contributed by atoms with E-state index in [0.29, 0.717) is 18.7 Å². The predicted octanol–water partition coefficient (Wildman–Crippen LogP) is 0.932. The van der Waals surface area contributed by atoms with Crippen LogP contribution in [0.15, 0.2) is 24.4 Å². The number of nitrogens with one attached hydrogen (secondary N) is 1. The third-order valence-corrected chi connectivity index (χ3v) is 4.35. The fourth-order valence-corrected chi connectivity index (χ4v) is 3.14. The van der Waals surface area contributed by atoms with Gasteiger partial charge in [0.25, 0.3) is 0 Å². The molecule has 0 spiro atoms. The van der Waals surface area contributed by atoms with Gasteiger partial charge in [0, 0.05) is 25.4 Å². The molecule has 8 heteroatoms. The Kier molecular flexibility index (Phi) is 4.35. The molecule has 0 radical (unpaired) electrons. The molecule has 0 saturated carbocycles. The van der Waals surface area contributed by atoms with E-state index in [1.165, 1.54) is 22.6 Å². The molecule has 7 nitrogen and oxygen atoms in total. The van der Waals surface area contributed by atoms with Crippen LogP contribution in [0.3, 0.4) is 0 Å². The van der Waals surface area contributed by atoms with Crippen molar-refractivity contribution in [1.82, 2.24) is 9.29 Å². The summed E-state index contributed by atoms with van der Waals surface area (Å²) in [5, 5.41) is 8.55. The van der Waals surface area contributed by atoms with E-state index < -0.39 is 16.2 Å². The van der Waals surface area contributed by atoms with Crippen molar-refractivity contribution in [3.63, 3.8) is 0 Å². The second-order valence-corrected chi connectivity index (χ2v) is 6.03. The molecule has 1 aliphatic rings. The van der Waals surface area contributed by atoms with Gasteiger partial charge in [-0.1, -0.05) is 0 Å². The van der Waals surface area contributed by atoms with Gasteiger partial charge in [0.2, 0.25) is 0 Å². The van der Waals surface area contributed by atoms with Crippen LogP contribution in [0, 0.1) is 0 Å². The van der Waals surface area contributed by atoms with Crippen molar-refractivity contribution in [3.8, 4) is 0 Å². The third-order valence-electron chi connectivity index (χ3n) is 2.84. The molecule has 2 rings (SSSR count). The van der Waals surface area contributed by atoms with E-state index in [1.807, 2.05) is 0 Å². The minimum absolute atomic E-state index is 0.171. The maximum atomic E-state index is 12.0. The summed E-state index contributed by atoms with van der Waals surface area (Å²) in [6.07, 6.45) is 5.49. The van der Waals surface area contributed by atoms with Crippen LogP contribution in [-0.4, -0.2) is 41.9 Å². The van der Waals surface area contributed by atoms with Crippen molar-refractivity contribution in [2.45, 2.75) is 12.8 Å². The van der Waals surface area contributed by atoms with Gasteiger partial charge in [0.1, 0.15) is 5.82 Å². The van der Waals surface area contributed by atoms with Crippen molar-refractivity contribution in [2.24, 2.45) is 0 Å². The van der Waals surface area contributed by atoms with E-state index in [1.54, 1.807) is 6.07 Å². The number of hydrogen-bond acceptors (Lipinski definition) is 4. The van der Waals surface area contributed by atoms with E-state index in [0.717, 1.165) is 18.9 Å². The molecule has 1 fully saturated rings. The molecule has 0 atom stereocenters. The van der Waals surface area contributed by atoms with Crippen molar-refractivity contribution in [1.29, 1.82) is 0 Å². The van der Waals surface area contributed by atoms with Gasteiger partial charge in [0.15, 0.2) is 0 Å². The van der Waals surface area contributed by atoms with Crippen LogP contribution in [0.4, 0.5) is 5.82 Å². The summed E-state index contributed by atoms with van der Waals surface area (Å²) in [7, 11) is -3.58. The number of hydrogen-bond donors (Lipinski definition) is 2. The number of carboxylic acid groups (broad SMARTS) is 1. The standard InChI is InChI=1S/C12H15N3O4S/c16-12(17)4-3-10-5-6-13-11(9-10)14-20(18,19)15-7-1-2-8-15/h3-6,9H,1-2,7-8H2,(H,13,14)(H,16,17)/b4-3+. The molecule has 1 aromatic rings. The lowest BCUT2D eigenvalue weighted by atomic mass is 10.2. The highest BCUT2D eigenvalue weighted by Crippen LogP contribution is 2.16. The number of carboxylic acids is 1. The summed E-state index contributed by atoms with van der Waals surface area (Å²) >= 11 is 0. The second-order valence-electron chi connectivity index (χ2n) is 4.36. The van der Waals surface area contributed by atoms with E-state index >= 15 is 0 Å². The molecular formula is C12H15N3O4S. The van der Waals surface area contributed by atoms with Crippen LogP contribution >= 0.6 is 0 Å². The average molecular weight is 297 g/mol. The molecule has 20 heavy (non-hydrogen) atoms. The lowest BCUT2D eigenvalue weighted by Crippen LogP contribution is -2.33. The highest BCUT2D eigenvalue weighted by atomic mass is 32.2. The minimum atomic E-state index is -3.58. The Labute approximate surface area is 117 Å². The number of carbonyl (C=O) groups is 1. The lowest BCUT2D eigenvalue weighted by molar-refractivity contribution is -0.131. The van der Waals surface area contributed by atoms with Gasteiger partial charge in [-0.05, 0) is 36.6 Å². The molecule has 0 aromatic carbocycles. The first-order chi connectivity index (χ1) is 9.47. The van der Waals surface area contributed by atoms with Crippen molar-refractivity contribution < 1.29 is 18.3 Å². The number of aliphatic carboxylic acids is 1. The average Bonchev–Trinajstić information content (AvgIpc) is 2.91. The van der Waals surface area contributed by atoms with Crippen LogP contribution in [0.1, 0.15) is 18.4 Å². The molecule has 2 N–H and O–H groups in total.